The standard InChI is InChI=1S/C15H14N2O/c1-12(18)16-9-3-2-5-13-7-8-15-14(11-13)6-4-10-17-15/h4,6-8,10-11H,3,9H2,1H3,(H,16,18). The molecule has 1 amide bonds. The SMILES string of the molecule is CC(=O)NCCC#Cc1ccc2ncccc2c1. The molecule has 0 unspecified atom stereocenters. The Balaban J connectivity index is 2.03. The molecule has 2 aromatic rings. The molecule has 0 aliphatic heterocycles. The largest absolute Gasteiger partial charge is 0.355 e. The topological polar surface area (TPSA) is 42.0 Å². The number of hydrogen-bond acceptors (Lipinski definition) is 2. The van der Waals surface area contributed by atoms with Crippen LogP contribution in [-0.2, 0) is 4.79 Å². The van der Waals surface area contributed by atoms with Crippen molar-refractivity contribution >= 4 is 16.8 Å². The van der Waals surface area contributed by atoms with Gasteiger partial charge >= 0.3 is 0 Å². The molecule has 0 aliphatic carbocycles. The van der Waals surface area contributed by atoms with Crippen molar-refractivity contribution in [2.24, 2.45) is 0 Å². The lowest BCUT2D eigenvalue weighted by Crippen LogP contribution is -2.20. The van der Waals surface area contributed by atoms with Crippen molar-refractivity contribution in [1.29, 1.82) is 0 Å². The molecule has 1 N–H and O–H groups in total. The van der Waals surface area contributed by atoms with Gasteiger partial charge in [-0.2, -0.15) is 0 Å². The number of fused-ring (bicyclic) bond motifs is 1. The first kappa shape index (κ1) is 12.1. The van der Waals surface area contributed by atoms with Crippen molar-refractivity contribution in [2.75, 3.05) is 6.54 Å². The average molecular weight is 238 g/mol. The molecule has 1 aromatic heterocycles. The number of pyridine rings is 1. The van der Waals surface area contributed by atoms with Crippen molar-refractivity contribution in [3.05, 3.63) is 42.1 Å². The Morgan fingerprint density at radius 3 is 3.11 bits per heavy atom. The second-order valence-electron chi connectivity index (χ2n) is 3.95. The molecular weight excluding hydrogens is 224 g/mol. The minimum Gasteiger partial charge on any atom is -0.355 e. The zero-order valence-electron chi connectivity index (χ0n) is 10.2. The number of amides is 1. The fraction of sp³-hybridized carbons (Fsp3) is 0.200. The second kappa shape index (κ2) is 5.83. The summed E-state index contributed by atoms with van der Waals surface area (Å²) in [4.78, 5) is 14.9. The summed E-state index contributed by atoms with van der Waals surface area (Å²) in [6.45, 7) is 2.10. The van der Waals surface area contributed by atoms with Crippen LogP contribution in [0.4, 0.5) is 0 Å². The van der Waals surface area contributed by atoms with E-state index in [0.29, 0.717) is 13.0 Å². The molecule has 0 spiro atoms. The number of hydrogen-bond donors (Lipinski definition) is 1. The number of nitrogens with one attached hydrogen (secondary N) is 1. The van der Waals surface area contributed by atoms with Crippen molar-refractivity contribution in [1.82, 2.24) is 10.3 Å². The van der Waals surface area contributed by atoms with Gasteiger partial charge in [0.1, 0.15) is 0 Å². The molecule has 90 valence electrons. The van der Waals surface area contributed by atoms with Gasteiger partial charge in [-0.15, -0.1) is 0 Å². The summed E-state index contributed by atoms with van der Waals surface area (Å²) in [7, 11) is 0. The van der Waals surface area contributed by atoms with E-state index in [2.05, 4.69) is 22.1 Å². The van der Waals surface area contributed by atoms with E-state index in [1.54, 1.807) is 6.20 Å². The lowest BCUT2D eigenvalue weighted by Gasteiger charge is -1.97. The molecule has 0 atom stereocenters. The lowest BCUT2D eigenvalue weighted by atomic mass is 10.1. The third-order valence-electron chi connectivity index (χ3n) is 2.46. The Morgan fingerprint density at radius 1 is 1.39 bits per heavy atom. The quantitative estimate of drug-likeness (QED) is 0.643. The minimum absolute atomic E-state index is 0.0198. The Bertz CT molecular complexity index is 623. The van der Waals surface area contributed by atoms with E-state index in [-0.39, 0.29) is 5.91 Å². The van der Waals surface area contributed by atoms with E-state index in [0.717, 1.165) is 16.5 Å². The first-order valence-corrected chi connectivity index (χ1v) is 5.84. The smallest absolute Gasteiger partial charge is 0.216 e. The average Bonchev–Trinajstić information content (AvgIpc) is 2.38. The monoisotopic (exact) mass is 238 g/mol. The van der Waals surface area contributed by atoms with E-state index >= 15 is 0 Å². The number of nitrogens with zero attached hydrogens (tertiary/aromatic N) is 1. The van der Waals surface area contributed by atoms with Gasteiger partial charge in [0.2, 0.25) is 5.91 Å². The van der Waals surface area contributed by atoms with Gasteiger partial charge in [0, 0.05) is 37.0 Å². The van der Waals surface area contributed by atoms with Crippen LogP contribution in [0.5, 0.6) is 0 Å². The predicted molar refractivity (Wildman–Crippen MR) is 71.9 cm³/mol. The molecule has 2 rings (SSSR count). The van der Waals surface area contributed by atoms with Crippen molar-refractivity contribution < 1.29 is 4.79 Å². The van der Waals surface area contributed by atoms with Gasteiger partial charge in [-0.1, -0.05) is 17.9 Å². The first-order chi connectivity index (χ1) is 8.75. The van der Waals surface area contributed by atoms with E-state index < -0.39 is 0 Å². The van der Waals surface area contributed by atoms with Gasteiger partial charge in [-0.05, 0) is 24.3 Å². The lowest BCUT2D eigenvalue weighted by molar-refractivity contribution is -0.118. The zero-order chi connectivity index (χ0) is 12.8. The van der Waals surface area contributed by atoms with E-state index in [1.165, 1.54) is 6.92 Å². The van der Waals surface area contributed by atoms with E-state index in [4.69, 9.17) is 0 Å². The Kier molecular flexibility index (Phi) is 3.93. The third kappa shape index (κ3) is 3.33. The third-order valence-corrected chi connectivity index (χ3v) is 2.46. The van der Waals surface area contributed by atoms with Crippen LogP contribution in [0.2, 0.25) is 0 Å². The molecular formula is C15H14N2O. The van der Waals surface area contributed by atoms with Crippen LogP contribution in [0.15, 0.2) is 36.5 Å². The highest BCUT2D eigenvalue weighted by Gasteiger charge is 1.93. The fourth-order valence-electron chi connectivity index (χ4n) is 1.62. The predicted octanol–water partition coefficient (Wildman–Crippen LogP) is 2.11. The summed E-state index contributed by atoms with van der Waals surface area (Å²) >= 11 is 0. The highest BCUT2D eigenvalue weighted by molar-refractivity contribution is 5.79. The molecule has 0 saturated heterocycles. The van der Waals surface area contributed by atoms with Crippen molar-refractivity contribution in [3.8, 4) is 11.8 Å². The molecule has 3 heteroatoms. The van der Waals surface area contributed by atoms with Gasteiger partial charge in [0.05, 0.1) is 5.52 Å². The van der Waals surface area contributed by atoms with Crippen LogP contribution in [0.3, 0.4) is 0 Å². The Morgan fingerprint density at radius 2 is 2.28 bits per heavy atom. The number of benzene rings is 1. The highest BCUT2D eigenvalue weighted by Crippen LogP contribution is 2.12. The van der Waals surface area contributed by atoms with Crippen LogP contribution < -0.4 is 5.32 Å². The zero-order valence-corrected chi connectivity index (χ0v) is 10.2. The van der Waals surface area contributed by atoms with Gasteiger partial charge in [0.25, 0.3) is 0 Å². The molecule has 1 aromatic carbocycles. The summed E-state index contributed by atoms with van der Waals surface area (Å²) < 4.78 is 0. The van der Waals surface area contributed by atoms with E-state index in [1.807, 2.05) is 30.3 Å². The first-order valence-electron chi connectivity index (χ1n) is 5.84. The summed E-state index contributed by atoms with van der Waals surface area (Å²) in [5.74, 6) is 6.10. The van der Waals surface area contributed by atoms with Crippen LogP contribution in [0, 0.1) is 11.8 Å². The van der Waals surface area contributed by atoms with Crippen molar-refractivity contribution in [2.45, 2.75) is 13.3 Å². The molecule has 0 bridgehead atoms. The summed E-state index contributed by atoms with van der Waals surface area (Å²) in [5.41, 5.74) is 1.94. The number of carbonyl (C=O) groups is 1. The van der Waals surface area contributed by atoms with Crippen molar-refractivity contribution in [3.63, 3.8) is 0 Å². The maximum Gasteiger partial charge on any atom is 0.216 e. The minimum atomic E-state index is -0.0198. The van der Waals surface area contributed by atoms with Crippen LogP contribution in [-0.4, -0.2) is 17.4 Å². The Labute approximate surface area is 106 Å². The molecule has 0 saturated carbocycles. The number of carbonyl (C=O) groups excluding carboxylic acids is 1. The number of aromatic nitrogens is 1. The second-order valence-corrected chi connectivity index (χ2v) is 3.95. The van der Waals surface area contributed by atoms with Crippen LogP contribution in [0.25, 0.3) is 10.9 Å². The highest BCUT2D eigenvalue weighted by atomic mass is 16.1. The van der Waals surface area contributed by atoms with Gasteiger partial charge < -0.3 is 5.32 Å². The molecule has 0 aliphatic rings. The maximum atomic E-state index is 10.7. The fourth-order valence-corrected chi connectivity index (χ4v) is 1.62. The van der Waals surface area contributed by atoms with Gasteiger partial charge in [-0.3, -0.25) is 9.78 Å². The van der Waals surface area contributed by atoms with E-state index in [9.17, 15) is 4.79 Å². The number of rotatable bonds is 2. The summed E-state index contributed by atoms with van der Waals surface area (Å²) in [6, 6.07) is 9.88. The molecule has 0 fully saturated rings. The summed E-state index contributed by atoms with van der Waals surface area (Å²) in [5, 5.41) is 3.80. The van der Waals surface area contributed by atoms with Gasteiger partial charge in [0.15, 0.2) is 0 Å². The maximum absolute atomic E-state index is 10.7. The van der Waals surface area contributed by atoms with Crippen LogP contribution >= 0.6 is 0 Å². The molecule has 3 nitrogen and oxygen atoms in total. The molecule has 18 heavy (non-hydrogen) atoms. The summed E-state index contributed by atoms with van der Waals surface area (Å²) in [6.07, 6.45) is 2.44. The molecule has 1 heterocycles. The van der Waals surface area contributed by atoms with Gasteiger partial charge in [-0.25, -0.2) is 0 Å². The van der Waals surface area contributed by atoms with Crippen LogP contribution in [0.1, 0.15) is 18.9 Å². The Hall–Kier alpha value is -2.34. The normalized spacial score (nSPS) is 9.61. The molecule has 0 radical (unpaired) electrons.